The van der Waals surface area contributed by atoms with Crippen LogP contribution in [0.2, 0.25) is 0 Å². The van der Waals surface area contributed by atoms with Crippen LogP contribution in [-0.4, -0.2) is 14.3 Å². The van der Waals surface area contributed by atoms with Crippen LogP contribution in [0.3, 0.4) is 0 Å². The van der Waals surface area contributed by atoms with Crippen LogP contribution in [-0.2, 0) is 14.8 Å². The molecule has 0 saturated heterocycles. The van der Waals surface area contributed by atoms with Crippen LogP contribution < -0.4 is 10.3 Å². The fourth-order valence-electron chi connectivity index (χ4n) is 3.53. The van der Waals surface area contributed by atoms with E-state index in [1.807, 2.05) is 6.92 Å². The van der Waals surface area contributed by atoms with E-state index in [4.69, 9.17) is 0 Å². The summed E-state index contributed by atoms with van der Waals surface area (Å²) in [6.45, 7) is 1.89. The van der Waals surface area contributed by atoms with E-state index in [1.165, 1.54) is 12.1 Å². The summed E-state index contributed by atoms with van der Waals surface area (Å²) in [4.78, 5) is 14.7. The first-order chi connectivity index (χ1) is 9.91. The summed E-state index contributed by atoms with van der Waals surface area (Å²) in [5.41, 5.74) is 3.06. The van der Waals surface area contributed by atoms with Crippen molar-refractivity contribution in [2.24, 2.45) is 11.3 Å². The highest BCUT2D eigenvalue weighted by Gasteiger charge is 2.50. The highest BCUT2D eigenvalue weighted by molar-refractivity contribution is 7.89. The Morgan fingerprint density at radius 1 is 1.19 bits per heavy atom. The van der Waals surface area contributed by atoms with Crippen molar-refractivity contribution in [2.75, 3.05) is 0 Å². The predicted molar refractivity (Wildman–Crippen MR) is 78.7 cm³/mol. The van der Waals surface area contributed by atoms with Crippen LogP contribution in [0.25, 0.3) is 0 Å². The normalized spacial score (nSPS) is 27.8. The molecule has 0 heterocycles. The molecule has 114 valence electrons. The van der Waals surface area contributed by atoms with E-state index < -0.39 is 10.0 Å². The van der Waals surface area contributed by atoms with Crippen LogP contribution in [0.1, 0.15) is 37.7 Å². The van der Waals surface area contributed by atoms with Crippen molar-refractivity contribution in [3.05, 3.63) is 29.8 Å². The van der Waals surface area contributed by atoms with Crippen molar-refractivity contribution in [3.63, 3.8) is 0 Å². The molecule has 0 aliphatic heterocycles. The number of amides is 1. The molecule has 0 unspecified atom stereocenters. The van der Waals surface area contributed by atoms with Gasteiger partial charge in [0.15, 0.2) is 0 Å². The lowest BCUT2D eigenvalue weighted by Crippen LogP contribution is -2.48. The zero-order valence-electron chi connectivity index (χ0n) is 12.1. The molecule has 2 saturated carbocycles. The number of hydrazine groups is 1. The Morgan fingerprint density at radius 3 is 2.33 bits per heavy atom. The number of sulfonamides is 1. The minimum Gasteiger partial charge on any atom is -0.277 e. The quantitative estimate of drug-likeness (QED) is 0.834. The van der Waals surface area contributed by atoms with Crippen molar-refractivity contribution in [1.29, 1.82) is 0 Å². The molecule has 1 aromatic rings. The number of benzene rings is 1. The third kappa shape index (κ3) is 2.70. The van der Waals surface area contributed by atoms with Gasteiger partial charge in [-0.3, -0.25) is 10.2 Å². The molecule has 0 spiro atoms. The van der Waals surface area contributed by atoms with E-state index >= 15 is 0 Å². The lowest BCUT2D eigenvalue weighted by atomic mass is 9.84. The number of rotatable bonds is 4. The van der Waals surface area contributed by atoms with Crippen molar-refractivity contribution in [1.82, 2.24) is 10.3 Å². The van der Waals surface area contributed by atoms with Gasteiger partial charge in [0.2, 0.25) is 5.91 Å². The van der Waals surface area contributed by atoms with Crippen molar-refractivity contribution in [2.45, 2.75) is 43.9 Å². The van der Waals surface area contributed by atoms with E-state index in [1.54, 1.807) is 12.1 Å². The molecule has 2 bridgehead atoms. The first-order valence-electron chi connectivity index (χ1n) is 7.30. The largest absolute Gasteiger partial charge is 0.277 e. The maximum atomic E-state index is 12.3. The fraction of sp³-hybridized carbons (Fsp3) is 0.533. The molecule has 2 N–H and O–H groups in total. The second-order valence-corrected chi connectivity index (χ2v) is 7.98. The Morgan fingerprint density at radius 2 is 1.81 bits per heavy atom. The summed E-state index contributed by atoms with van der Waals surface area (Å²) in [6.07, 6.45) is 4.80. The number of hydrogen-bond acceptors (Lipinski definition) is 3. The Balaban J connectivity index is 1.67. The molecule has 5 nitrogen and oxygen atoms in total. The van der Waals surface area contributed by atoms with Gasteiger partial charge in [-0.15, -0.1) is 4.83 Å². The van der Waals surface area contributed by atoms with E-state index in [0.29, 0.717) is 5.92 Å². The van der Waals surface area contributed by atoms with Gasteiger partial charge in [0.1, 0.15) is 0 Å². The molecule has 2 aliphatic rings. The average Bonchev–Trinajstić information content (AvgIpc) is 3.07. The number of aryl methyl sites for hydroxylation is 1. The SMILES string of the molecule is Cc1ccc(S(=O)(=O)NNC(=O)C23CCC(CC2)C3)cc1. The summed E-state index contributed by atoms with van der Waals surface area (Å²) in [7, 11) is -3.70. The Kier molecular flexibility index (Phi) is 3.53. The molecule has 1 amide bonds. The maximum absolute atomic E-state index is 12.3. The predicted octanol–water partition coefficient (Wildman–Crippen LogP) is 1.88. The van der Waals surface area contributed by atoms with Crippen LogP contribution in [0, 0.1) is 18.3 Å². The smallest absolute Gasteiger partial charge is 0.257 e. The molecule has 6 heteroatoms. The summed E-state index contributed by atoms with van der Waals surface area (Å²) in [5.74, 6) is 0.461. The Labute approximate surface area is 125 Å². The molecule has 21 heavy (non-hydrogen) atoms. The number of carbonyl (C=O) groups excluding carboxylic acids is 1. The molecular formula is C15H20N2O3S. The van der Waals surface area contributed by atoms with Crippen molar-refractivity contribution < 1.29 is 13.2 Å². The standard InChI is InChI=1S/C15H20N2O3S/c1-11-2-4-13(5-3-11)21(19,20)17-16-14(18)15-8-6-12(10-15)7-9-15/h2-5,12,17H,6-10H2,1H3,(H,16,18). The summed E-state index contributed by atoms with van der Waals surface area (Å²) < 4.78 is 24.3. The zero-order valence-corrected chi connectivity index (χ0v) is 12.9. The summed E-state index contributed by atoms with van der Waals surface area (Å²) >= 11 is 0. The van der Waals surface area contributed by atoms with Gasteiger partial charge in [0.05, 0.1) is 10.3 Å². The number of fused-ring (bicyclic) bond motifs is 2. The molecule has 0 radical (unpaired) electrons. The Bertz CT molecular complexity index is 644. The molecule has 2 fully saturated rings. The lowest BCUT2D eigenvalue weighted by Gasteiger charge is -2.25. The zero-order chi connectivity index (χ0) is 15.1. The van der Waals surface area contributed by atoms with Crippen LogP contribution in [0.5, 0.6) is 0 Å². The molecule has 0 aromatic heterocycles. The van der Waals surface area contributed by atoms with E-state index in [-0.39, 0.29) is 16.2 Å². The first kappa shape index (κ1) is 14.5. The fourth-order valence-corrected chi connectivity index (χ4v) is 4.37. The number of hydrogen-bond donors (Lipinski definition) is 2. The van der Waals surface area contributed by atoms with Gasteiger partial charge in [0.25, 0.3) is 10.0 Å². The van der Waals surface area contributed by atoms with E-state index in [0.717, 1.165) is 37.7 Å². The van der Waals surface area contributed by atoms with Gasteiger partial charge < -0.3 is 0 Å². The second kappa shape index (κ2) is 5.10. The summed E-state index contributed by atoms with van der Waals surface area (Å²) in [6, 6.07) is 6.52. The number of carbonyl (C=O) groups is 1. The molecule has 0 atom stereocenters. The second-order valence-electron chi connectivity index (χ2n) is 6.30. The Hall–Kier alpha value is -1.40. The van der Waals surface area contributed by atoms with Crippen LogP contribution in [0.4, 0.5) is 0 Å². The minimum atomic E-state index is -3.70. The van der Waals surface area contributed by atoms with Gasteiger partial charge in [-0.1, -0.05) is 17.7 Å². The molecule has 1 aromatic carbocycles. The monoisotopic (exact) mass is 308 g/mol. The van der Waals surface area contributed by atoms with Gasteiger partial charge in [-0.05, 0) is 57.1 Å². The van der Waals surface area contributed by atoms with Gasteiger partial charge in [0, 0.05) is 0 Å². The van der Waals surface area contributed by atoms with Crippen molar-refractivity contribution in [3.8, 4) is 0 Å². The number of nitrogens with one attached hydrogen (secondary N) is 2. The van der Waals surface area contributed by atoms with Crippen LogP contribution >= 0.6 is 0 Å². The molecular weight excluding hydrogens is 288 g/mol. The molecule has 2 aliphatic carbocycles. The van der Waals surface area contributed by atoms with E-state index in [9.17, 15) is 13.2 Å². The van der Waals surface area contributed by atoms with Gasteiger partial charge in [-0.2, -0.15) is 0 Å². The van der Waals surface area contributed by atoms with E-state index in [2.05, 4.69) is 10.3 Å². The van der Waals surface area contributed by atoms with Crippen molar-refractivity contribution >= 4 is 15.9 Å². The maximum Gasteiger partial charge on any atom is 0.257 e. The first-order valence-corrected chi connectivity index (χ1v) is 8.79. The van der Waals surface area contributed by atoms with Crippen LogP contribution in [0.15, 0.2) is 29.2 Å². The highest BCUT2D eigenvalue weighted by Crippen LogP contribution is 2.54. The highest BCUT2D eigenvalue weighted by atomic mass is 32.2. The lowest BCUT2D eigenvalue weighted by molar-refractivity contribution is -0.131. The third-order valence-electron chi connectivity index (χ3n) is 4.85. The minimum absolute atomic E-state index is 0.154. The van der Waals surface area contributed by atoms with Gasteiger partial charge >= 0.3 is 0 Å². The molecule has 3 rings (SSSR count). The average molecular weight is 308 g/mol. The summed E-state index contributed by atoms with van der Waals surface area (Å²) in [5, 5.41) is 0. The van der Waals surface area contributed by atoms with Gasteiger partial charge in [-0.25, -0.2) is 8.42 Å². The topological polar surface area (TPSA) is 75.3 Å². The third-order valence-corrected chi connectivity index (χ3v) is 6.12.